The van der Waals surface area contributed by atoms with Crippen molar-refractivity contribution in [3.63, 3.8) is 0 Å². The van der Waals surface area contributed by atoms with Gasteiger partial charge in [-0.3, -0.25) is 4.79 Å². The van der Waals surface area contributed by atoms with E-state index in [1.807, 2.05) is 19.1 Å². The van der Waals surface area contributed by atoms with E-state index in [1.165, 1.54) is 0 Å². The Kier molecular flexibility index (Phi) is 6.31. The summed E-state index contributed by atoms with van der Waals surface area (Å²) in [5.41, 5.74) is 1.64. The summed E-state index contributed by atoms with van der Waals surface area (Å²) in [5, 5.41) is 0. The van der Waals surface area contributed by atoms with Crippen LogP contribution in [0.4, 0.5) is 0 Å². The van der Waals surface area contributed by atoms with Crippen LogP contribution in [0.2, 0.25) is 0 Å². The lowest BCUT2D eigenvalue weighted by molar-refractivity contribution is 0.0784. The van der Waals surface area contributed by atoms with Gasteiger partial charge in [-0.05, 0) is 24.6 Å². The molecule has 1 rings (SSSR count). The van der Waals surface area contributed by atoms with E-state index in [9.17, 15) is 4.79 Å². The number of ether oxygens (including phenoxy) is 2. The third-order valence-electron chi connectivity index (χ3n) is 2.82. The third-order valence-corrected chi connectivity index (χ3v) is 3.38. The van der Waals surface area contributed by atoms with Gasteiger partial charge >= 0.3 is 0 Å². The van der Waals surface area contributed by atoms with Gasteiger partial charge in [0.05, 0.1) is 18.5 Å². The highest BCUT2D eigenvalue weighted by Gasteiger charge is 2.16. The Morgan fingerprint density at radius 2 is 2.11 bits per heavy atom. The molecule has 0 aliphatic carbocycles. The smallest absolute Gasteiger partial charge is 0.253 e. The number of alkyl halides is 1. The molecule has 4 nitrogen and oxygen atoms in total. The molecule has 0 radical (unpaired) electrons. The maximum atomic E-state index is 12.3. The SMILES string of the molecule is COCC(Br)CN(C)C(=O)c1ccc(C)c(OC)c1. The second-order valence-corrected chi connectivity index (χ2v) is 5.72. The molecular weight excluding hydrogens is 310 g/mol. The summed E-state index contributed by atoms with van der Waals surface area (Å²) in [4.78, 5) is 14.1. The lowest BCUT2D eigenvalue weighted by Gasteiger charge is -2.20. The van der Waals surface area contributed by atoms with Gasteiger partial charge in [0.1, 0.15) is 5.75 Å². The fourth-order valence-electron chi connectivity index (χ4n) is 1.79. The highest BCUT2D eigenvalue weighted by atomic mass is 79.9. The number of aryl methyl sites for hydroxylation is 1. The zero-order valence-corrected chi connectivity index (χ0v) is 13.4. The van der Waals surface area contributed by atoms with Crippen LogP contribution < -0.4 is 4.74 Å². The van der Waals surface area contributed by atoms with Crippen molar-refractivity contribution in [1.29, 1.82) is 0 Å². The first-order valence-corrected chi connectivity index (χ1v) is 6.94. The summed E-state index contributed by atoms with van der Waals surface area (Å²) in [6.45, 7) is 3.10. The molecule has 0 bridgehead atoms. The average Bonchev–Trinajstić information content (AvgIpc) is 2.38. The Labute approximate surface area is 122 Å². The molecule has 1 amide bonds. The number of methoxy groups -OCH3 is 2. The van der Waals surface area contributed by atoms with Crippen molar-refractivity contribution in [1.82, 2.24) is 4.90 Å². The maximum Gasteiger partial charge on any atom is 0.253 e. The number of nitrogens with zero attached hydrogens (tertiary/aromatic N) is 1. The van der Waals surface area contributed by atoms with E-state index in [1.54, 1.807) is 32.2 Å². The molecular formula is C14H20BrNO3. The van der Waals surface area contributed by atoms with E-state index in [4.69, 9.17) is 9.47 Å². The van der Waals surface area contributed by atoms with Crippen LogP contribution in [0.15, 0.2) is 18.2 Å². The van der Waals surface area contributed by atoms with Gasteiger partial charge in [-0.15, -0.1) is 0 Å². The number of hydrogen-bond donors (Lipinski definition) is 0. The van der Waals surface area contributed by atoms with Crippen molar-refractivity contribution < 1.29 is 14.3 Å². The maximum absolute atomic E-state index is 12.3. The van der Waals surface area contributed by atoms with Crippen LogP contribution in [-0.4, -0.2) is 50.1 Å². The average molecular weight is 330 g/mol. The van der Waals surface area contributed by atoms with Gasteiger partial charge in [-0.1, -0.05) is 22.0 Å². The fourth-order valence-corrected chi connectivity index (χ4v) is 2.49. The Bertz CT molecular complexity index is 437. The number of carbonyl (C=O) groups is 1. The standard InChI is InChI=1S/C14H20BrNO3/c1-10-5-6-11(7-13(10)19-4)14(17)16(2)8-12(15)9-18-3/h5-7,12H,8-9H2,1-4H3. The summed E-state index contributed by atoms with van der Waals surface area (Å²) < 4.78 is 10.3. The van der Waals surface area contributed by atoms with E-state index in [2.05, 4.69) is 15.9 Å². The first kappa shape index (κ1) is 16.0. The zero-order valence-electron chi connectivity index (χ0n) is 11.8. The molecule has 19 heavy (non-hydrogen) atoms. The van der Waals surface area contributed by atoms with Crippen molar-refractivity contribution in [2.75, 3.05) is 34.4 Å². The van der Waals surface area contributed by atoms with Gasteiger partial charge in [0, 0.05) is 26.3 Å². The Balaban J connectivity index is 2.76. The number of rotatable bonds is 6. The van der Waals surface area contributed by atoms with Crippen LogP contribution in [0.3, 0.4) is 0 Å². The normalized spacial score (nSPS) is 12.1. The molecule has 0 fully saturated rings. The lowest BCUT2D eigenvalue weighted by atomic mass is 10.1. The van der Waals surface area contributed by atoms with Gasteiger partial charge in [0.15, 0.2) is 0 Å². The van der Waals surface area contributed by atoms with Crippen LogP contribution in [0.1, 0.15) is 15.9 Å². The van der Waals surface area contributed by atoms with E-state index in [0.29, 0.717) is 18.7 Å². The summed E-state index contributed by atoms with van der Waals surface area (Å²) in [7, 11) is 5.02. The van der Waals surface area contributed by atoms with Gasteiger partial charge in [0.25, 0.3) is 5.91 Å². The molecule has 0 heterocycles. The largest absolute Gasteiger partial charge is 0.496 e. The summed E-state index contributed by atoms with van der Waals surface area (Å²) in [6.07, 6.45) is 0. The Morgan fingerprint density at radius 3 is 2.68 bits per heavy atom. The van der Waals surface area contributed by atoms with Gasteiger partial charge in [-0.2, -0.15) is 0 Å². The van der Waals surface area contributed by atoms with Crippen molar-refractivity contribution in [2.45, 2.75) is 11.8 Å². The predicted molar refractivity (Wildman–Crippen MR) is 79.3 cm³/mol. The zero-order chi connectivity index (χ0) is 14.4. The van der Waals surface area contributed by atoms with E-state index >= 15 is 0 Å². The number of hydrogen-bond acceptors (Lipinski definition) is 3. The van der Waals surface area contributed by atoms with Crippen LogP contribution in [0.5, 0.6) is 5.75 Å². The summed E-state index contributed by atoms with van der Waals surface area (Å²) in [6, 6.07) is 5.48. The Hall–Kier alpha value is -1.07. The molecule has 0 aliphatic rings. The van der Waals surface area contributed by atoms with E-state index in [0.717, 1.165) is 11.3 Å². The van der Waals surface area contributed by atoms with Gasteiger partial charge in [0.2, 0.25) is 0 Å². The van der Waals surface area contributed by atoms with E-state index in [-0.39, 0.29) is 10.7 Å². The molecule has 1 atom stereocenters. The molecule has 0 N–H and O–H groups in total. The lowest BCUT2D eigenvalue weighted by Crippen LogP contribution is -2.33. The summed E-state index contributed by atoms with van der Waals surface area (Å²) >= 11 is 3.48. The summed E-state index contributed by atoms with van der Waals surface area (Å²) in [5.74, 6) is 0.699. The van der Waals surface area contributed by atoms with Crippen molar-refractivity contribution in [3.8, 4) is 5.75 Å². The van der Waals surface area contributed by atoms with E-state index < -0.39 is 0 Å². The second kappa shape index (κ2) is 7.50. The molecule has 5 heteroatoms. The molecule has 0 saturated carbocycles. The molecule has 0 spiro atoms. The van der Waals surface area contributed by atoms with Crippen LogP contribution in [-0.2, 0) is 4.74 Å². The molecule has 1 aromatic rings. The quantitative estimate of drug-likeness (QED) is 0.752. The molecule has 0 saturated heterocycles. The molecule has 1 unspecified atom stereocenters. The minimum Gasteiger partial charge on any atom is -0.496 e. The number of carbonyl (C=O) groups excluding carboxylic acids is 1. The molecule has 0 aromatic heterocycles. The molecule has 106 valence electrons. The van der Waals surface area contributed by atoms with Gasteiger partial charge in [-0.25, -0.2) is 0 Å². The second-order valence-electron chi connectivity index (χ2n) is 4.42. The highest BCUT2D eigenvalue weighted by Crippen LogP contribution is 2.20. The van der Waals surface area contributed by atoms with Crippen molar-refractivity contribution >= 4 is 21.8 Å². The predicted octanol–water partition coefficient (Wildman–Crippen LogP) is 2.49. The Morgan fingerprint density at radius 1 is 1.42 bits per heavy atom. The third kappa shape index (κ3) is 4.51. The number of amides is 1. The van der Waals surface area contributed by atoms with Crippen LogP contribution in [0.25, 0.3) is 0 Å². The molecule has 0 aliphatic heterocycles. The first-order valence-electron chi connectivity index (χ1n) is 6.02. The van der Waals surface area contributed by atoms with Crippen LogP contribution in [0, 0.1) is 6.92 Å². The van der Waals surface area contributed by atoms with Crippen LogP contribution >= 0.6 is 15.9 Å². The van der Waals surface area contributed by atoms with Gasteiger partial charge < -0.3 is 14.4 Å². The minimum absolute atomic E-state index is 0.0288. The topological polar surface area (TPSA) is 38.8 Å². The minimum atomic E-state index is -0.0288. The first-order chi connectivity index (χ1) is 8.99. The highest BCUT2D eigenvalue weighted by molar-refractivity contribution is 9.09. The monoisotopic (exact) mass is 329 g/mol. The van der Waals surface area contributed by atoms with Crippen molar-refractivity contribution in [3.05, 3.63) is 29.3 Å². The number of halogens is 1. The fraction of sp³-hybridized carbons (Fsp3) is 0.500. The van der Waals surface area contributed by atoms with Crippen molar-refractivity contribution in [2.24, 2.45) is 0 Å². The molecule has 1 aromatic carbocycles. The number of benzene rings is 1.